The van der Waals surface area contributed by atoms with Crippen LogP contribution in [0, 0.1) is 0 Å². The van der Waals surface area contributed by atoms with Crippen LogP contribution < -0.4 is 14.8 Å². The molecule has 0 radical (unpaired) electrons. The van der Waals surface area contributed by atoms with Crippen molar-refractivity contribution in [1.29, 1.82) is 0 Å². The van der Waals surface area contributed by atoms with Crippen LogP contribution in [0.3, 0.4) is 0 Å². The maximum Gasteiger partial charge on any atom is 0.262 e. The summed E-state index contributed by atoms with van der Waals surface area (Å²) in [5.74, 6) is 1.19. The van der Waals surface area contributed by atoms with E-state index in [4.69, 9.17) is 21.1 Å². The Kier molecular flexibility index (Phi) is 5.59. The second-order valence-corrected chi connectivity index (χ2v) is 6.28. The molecule has 1 N–H and O–H groups in total. The predicted molar refractivity (Wildman–Crippen MR) is 94.9 cm³/mol. The van der Waals surface area contributed by atoms with Crippen LogP contribution in [0.15, 0.2) is 48.5 Å². The van der Waals surface area contributed by atoms with Crippen LogP contribution in [0.2, 0.25) is 5.02 Å². The zero-order valence-electron chi connectivity index (χ0n) is 13.3. The van der Waals surface area contributed by atoms with Gasteiger partial charge in [-0.05, 0) is 68.1 Å². The van der Waals surface area contributed by atoms with Crippen molar-refractivity contribution in [3.05, 3.63) is 53.6 Å². The third-order valence-corrected chi connectivity index (χ3v) is 4.14. The number of anilines is 1. The standard InChI is InChI=1S/C19H20ClNO3/c20-14-4-3-7-18(12-14)23-13-19(22)21-15-8-10-17(11-9-15)24-16-5-1-2-6-16/h3-4,7-12,16H,1-2,5-6,13H2,(H,21,22). The smallest absolute Gasteiger partial charge is 0.262 e. The molecule has 0 aromatic heterocycles. The van der Waals surface area contributed by atoms with Gasteiger partial charge in [-0.2, -0.15) is 0 Å². The van der Waals surface area contributed by atoms with Crippen molar-refractivity contribution in [2.24, 2.45) is 0 Å². The number of hydrogen-bond acceptors (Lipinski definition) is 3. The molecule has 0 spiro atoms. The Hall–Kier alpha value is -2.20. The zero-order chi connectivity index (χ0) is 16.8. The minimum atomic E-state index is -0.223. The van der Waals surface area contributed by atoms with Crippen LogP contribution in [-0.2, 0) is 4.79 Å². The van der Waals surface area contributed by atoms with E-state index in [2.05, 4.69) is 5.32 Å². The molecule has 2 aromatic rings. The number of benzene rings is 2. The number of carbonyl (C=O) groups is 1. The topological polar surface area (TPSA) is 47.6 Å². The first-order chi connectivity index (χ1) is 11.7. The van der Waals surface area contributed by atoms with Crippen molar-refractivity contribution in [2.45, 2.75) is 31.8 Å². The molecule has 1 amide bonds. The largest absolute Gasteiger partial charge is 0.490 e. The van der Waals surface area contributed by atoms with E-state index >= 15 is 0 Å². The van der Waals surface area contributed by atoms with E-state index in [9.17, 15) is 4.79 Å². The molecule has 2 aromatic carbocycles. The Morgan fingerprint density at radius 2 is 1.83 bits per heavy atom. The molecule has 0 saturated heterocycles. The molecule has 5 heteroatoms. The van der Waals surface area contributed by atoms with E-state index in [-0.39, 0.29) is 12.5 Å². The first-order valence-electron chi connectivity index (χ1n) is 8.14. The first kappa shape index (κ1) is 16.7. The fourth-order valence-electron chi connectivity index (χ4n) is 2.72. The third-order valence-electron chi connectivity index (χ3n) is 3.91. The summed E-state index contributed by atoms with van der Waals surface area (Å²) >= 11 is 5.87. The Balaban J connectivity index is 1.47. The lowest BCUT2D eigenvalue weighted by Gasteiger charge is -2.13. The molecule has 1 saturated carbocycles. The van der Waals surface area contributed by atoms with E-state index in [1.54, 1.807) is 24.3 Å². The van der Waals surface area contributed by atoms with Crippen LogP contribution >= 0.6 is 11.6 Å². The van der Waals surface area contributed by atoms with Gasteiger partial charge in [-0.3, -0.25) is 4.79 Å². The van der Waals surface area contributed by atoms with Crippen LogP contribution in [0.25, 0.3) is 0 Å². The number of carbonyl (C=O) groups excluding carboxylic acids is 1. The van der Waals surface area contributed by atoms with E-state index < -0.39 is 0 Å². The maximum absolute atomic E-state index is 11.9. The number of hydrogen-bond donors (Lipinski definition) is 1. The van der Waals surface area contributed by atoms with Gasteiger partial charge < -0.3 is 14.8 Å². The summed E-state index contributed by atoms with van der Waals surface area (Å²) < 4.78 is 11.3. The van der Waals surface area contributed by atoms with Crippen molar-refractivity contribution in [2.75, 3.05) is 11.9 Å². The van der Waals surface area contributed by atoms with Crippen LogP contribution in [-0.4, -0.2) is 18.6 Å². The lowest BCUT2D eigenvalue weighted by molar-refractivity contribution is -0.118. The van der Waals surface area contributed by atoms with E-state index in [0.29, 0.717) is 22.6 Å². The van der Waals surface area contributed by atoms with Gasteiger partial charge in [-0.1, -0.05) is 17.7 Å². The van der Waals surface area contributed by atoms with Gasteiger partial charge in [0.05, 0.1) is 6.10 Å². The third kappa shape index (κ3) is 4.90. The monoisotopic (exact) mass is 345 g/mol. The second-order valence-electron chi connectivity index (χ2n) is 5.84. The maximum atomic E-state index is 11.9. The lowest BCUT2D eigenvalue weighted by atomic mass is 10.2. The summed E-state index contributed by atoms with van der Waals surface area (Å²) in [5.41, 5.74) is 0.716. The molecule has 0 atom stereocenters. The Bertz CT molecular complexity index is 681. The number of nitrogens with one attached hydrogen (secondary N) is 1. The Labute approximate surface area is 146 Å². The van der Waals surface area contributed by atoms with Gasteiger partial charge >= 0.3 is 0 Å². The first-order valence-corrected chi connectivity index (χ1v) is 8.52. The summed E-state index contributed by atoms with van der Waals surface area (Å²) in [6.45, 7) is -0.0688. The highest BCUT2D eigenvalue weighted by Crippen LogP contribution is 2.25. The SMILES string of the molecule is O=C(COc1cccc(Cl)c1)Nc1ccc(OC2CCCC2)cc1. The molecule has 0 bridgehead atoms. The molecular weight excluding hydrogens is 326 g/mol. The summed E-state index contributed by atoms with van der Waals surface area (Å²) in [6, 6.07) is 14.4. The highest BCUT2D eigenvalue weighted by Gasteiger charge is 2.16. The number of ether oxygens (including phenoxy) is 2. The highest BCUT2D eigenvalue weighted by atomic mass is 35.5. The fourth-order valence-corrected chi connectivity index (χ4v) is 2.90. The Morgan fingerprint density at radius 1 is 1.08 bits per heavy atom. The van der Waals surface area contributed by atoms with Crippen LogP contribution in [0.1, 0.15) is 25.7 Å². The minimum Gasteiger partial charge on any atom is -0.490 e. The van der Waals surface area contributed by atoms with E-state index in [0.717, 1.165) is 18.6 Å². The molecule has 1 aliphatic rings. The molecule has 0 heterocycles. The molecule has 0 aliphatic heterocycles. The van der Waals surface area contributed by atoms with Crippen LogP contribution in [0.5, 0.6) is 11.5 Å². The summed E-state index contributed by atoms with van der Waals surface area (Å²) in [6.07, 6.45) is 5.06. The fraction of sp³-hybridized carbons (Fsp3) is 0.316. The number of halogens is 1. The van der Waals surface area contributed by atoms with Gasteiger partial charge in [0.15, 0.2) is 6.61 Å². The van der Waals surface area contributed by atoms with Crippen molar-refractivity contribution in [1.82, 2.24) is 0 Å². The number of amides is 1. The molecule has 1 fully saturated rings. The van der Waals surface area contributed by atoms with E-state index in [1.807, 2.05) is 24.3 Å². The van der Waals surface area contributed by atoms with Gasteiger partial charge in [-0.25, -0.2) is 0 Å². The van der Waals surface area contributed by atoms with Gasteiger partial charge in [0.2, 0.25) is 0 Å². The van der Waals surface area contributed by atoms with Gasteiger partial charge in [0.1, 0.15) is 11.5 Å². The average molecular weight is 346 g/mol. The lowest BCUT2D eigenvalue weighted by Crippen LogP contribution is -2.20. The molecule has 3 rings (SSSR count). The average Bonchev–Trinajstić information content (AvgIpc) is 3.08. The van der Waals surface area contributed by atoms with Gasteiger partial charge in [0.25, 0.3) is 5.91 Å². The Morgan fingerprint density at radius 3 is 2.54 bits per heavy atom. The molecule has 0 unspecified atom stereocenters. The van der Waals surface area contributed by atoms with Crippen molar-refractivity contribution < 1.29 is 14.3 Å². The van der Waals surface area contributed by atoms with Crippen molar-refractivity contribution in [3.8, 4) is 11.5 Å². The molecule has 4 nitrogen and oxygen atoms in total. The van der Waals surface area contributed by atoms with E-state index in [1.165, 1.54) is 12.8 Å². The predicted octanol–water partition coefficient (Wildman–Crippen LogP) is 4.68. The molecular formula is C19H20ClNO3. The summed E-state index contributed by atoms with van der Waals surface area (Å²) in [4.78, 5) is 11.9. The quantitative estimate of drug-likeness (QED) is 0.827. The molecule has 1 aliphatic carbocycles. The zero-order valence-corrected chi connectivity index (χ0v) is 14.1. The van der Waals surface area contributed by atoms with Gasteiger partial charge in [0, 0.05) is 10.7 Å². The number of rotatable bonds is 6. The summed E-state index contributed by atoms with van der Waals surface area (Å²) in [7, 11) is 0. The van der Waals surface area contributed by atoms with Gasteiger partial charge in [-0.15, -0.1) is 0 Å². The minimum absolute atomic E-state index is 0.0688. The summed E-state index contributed by atoms with van der Waals surface area (Å²) in [5, 5.41) is 3.37. The van der Waals surface area contributed by atoms with Crippen molar-refractivity contribution >= 4 is 23.2 Å². The molecule has 126 valence electrons. The highest BCUT2D eigenvalue weighted by molar-refractivity contribution is 6.30. The van der Waals surface area contributed by atoms with Crippen molar-refractivity contribution in [3.63, 3.8) is 0 Å². The second kappa shape index (κ2) is 8.06. The van der Waals surface area contributed by atoms with Crippen LogP contribution in [0.4, 0.5) is 5.69 Å². The molecule has 24 heavy (non-hydrogen) atoms. The normalized spacial score (nSPS) is 14.4.